The molecular weight excluding hydrogens is 592 g/mol. The van der Waals surface area contributed by atoms with Gasteiger partial charge in [0, 0.05) is 6.61 Å². The van der Waals surface area contributed by atoms with Gasteiger partial charge in [-0.2, -0.15) is 9.97 Å². The average Bonchev–Trinajstić information content (AvgIpc) is 3.57. The number of anilines is 2. The Morgan fingerprint density at radius 2 is 1.48 bits per heavy atom. The lowest BCUT2D eigenvalue weighted by Crippen LogP contribution is -2.67. The minimum Gasteiger partial charge on any atom is -0.406 e. The molecule has 1 aliphatic rings. The van der Waals surface area contributed by atoms with Crippen molar-refractivity contribution >= 4 is 53.4 Å². The number of alkyl halides is 1. The topological polar surface area (TPSA) is 114 Å². The monoisotopic (exact) mass is 628 g/mol. The maximum absolute atomic E-state index is 16.7. The summed E-state index contributed by atoms with van der Waals surface area (Å²) in [4.78, 5) is 12.8. The van der Waals surface area contributed by atoms with Gasteiger partial charge in [0.2, 0.25) is 5.95 Å². The number of nitrogen functional groups attached to an aromatic ring is 2. The zero-order valence-electron chi connectivity index (χ0n) is 25.0. The lowest BCUT2D eigenvalue weighted by molar-refractivity contribution is -0.0168. The van der Waals surface area contributed by atoms with Crippen LogP contribution in [-0.2, 0) is 15.8 Å². The van der Waals surface area contributed by atoms with Crippen molar-refractivity contribution < 1.29 is 13.6 Å². The zero-order valence-corrected chi connectivity index (χ0v) is 26.8. The molecular formula is C33H37FN6O2SSi. The van der Waals surface area contributed by atoms with Crippen molar-refractivity contribution in [1.82, 2.24) is 19.5 Å². The summed E-state index contributed by atoms with van der Waals surface area (Å²) in [5.41, 5.74) is 13.7. The highest BCUT2D eigenvalue weighted by Crippen LogP contribution is 2.47. The number of ether oxygens (including phenoxy) is 1. The van der Waals surface area contributed by atoms with E-state index in [0.717, 1.165) is 5.56 Å². The van der Waals surface area contributed by atoms with E-state index >= 15 is 4.39 Å². The molecule has 6 rings (SSSR count). The lowest BCUT2D eigenvalue weighted by Gasteiger charge is -2.43. The molecule has 1 aliphatic heterocycles. The predicted molar refractivity (Wildman–Crippen MR) is 178 cm³/mol. The third kappa shape index (κ3) is 5.60. The van der Waals surface area contributed by atoms with Gasteiger partial charge < -0.3 is 20.6 Å². The van der Waals surface area contributed by atoms with Crippen molar-refractivity contribution in [2.24, 2.45) is 0 Å². The number of halogens is 1. The van der Waals surface area contributed by atoms with Crippen LogP contribution in [0.2, 0.25) is 5.04 Å². The largest absolute Gasteiger partial charge is 0.406 e. The number of aromatic nitrogens is 4. The molecule has 3 aromatic carbocycles. The Labute approximate surface area is 262 Å². The van der Waals surface area contributed by atoms with E-state index in [2.05, 4.69) is 84.3 Å². The fourth-order valence-electron chi connectivity index (χ4n) is 6.13. The maximum atomic E-state index is 16.7. The first-order valence-corrected chi connectivity index (χ1v) is 17.5. The van der Waals surface area contributed by atoms with Crippen LogP contribution in [0.3, 0.4) is 0 Å². The summed E-state index contributed by atoms with van der Waals surface area (Å²) in [7, 11) is -2.87. The summed E-state index contributed by atoms with van der Waals surface area (Å²) in [5, 5.41) is 1.11. The number of nitrogens with zero attached hydrogens (tertiary/aromatic N) is 4. The second-order valence-corrected chi connectivity index (χ2v) is 17.7. The van der Waals surface area contributed by atoms with Crippen LogP contribution < -0.4 is 21.8 Å². The number of nitrogens with two attached hydrogens (primary N) is 2. The molecule has 3 heterocycles. The van der Waals surface area contributed by atoms with Crippen molar-refractivity contribution in [1.29, 1.82) is 0 Å². The molecule has 4 atom stereocenters. The van der Waals surface area contributed by atoms with Crippen LogP contribution in [0.15, 0.2) is 97.3 Å². The predicted octanol–water partition coefficient (Wildman–Crippen LogP) is 5.10. The number of benzene rings is 3. The van der Waals surface area contributed by atoms with Gasteiger partial charge in [0.15, 0.2) is 17.6 Å². The van der Waals surface area contributed by atoms with E-state index in [1.165, 1.54) is 22.1 Å². The molecule has 11 heteroatoms. The van der Waals surface area contributed by atoms with E-state index in [1.807, 2.05) is 42.5 Å². The summed E-state index contributed by atoms with van der Waals surface area (Å²) in [5.74, 6) is 0.173. The summed E-state index contributed by atoms with van der Waals surface area (Å²) in [6.45, 7) is 7.27. The molecule has 0 unspecified atom stereocenters. The van der Waals surface area contributed by atoms with Crippen molar-refractivity contribution in [3.05, 3.63) is 103 Å². The van der Waals surface area contributed by atoms with Crippen LogP contribution in [0.25, 0.3) is 11.2 Å². The van der Waals surface area contributed by atoms with Crippen LogP contribution in [0.4, 0.5) is 16.2 Å². The van der Waals surface area contributed by atoms with Gasteiger partial charge in [0.25, 0.3) is 8.32 Å². The quantitative estimate of drug-likeness (QED) is 0.217. The molecule has 1 saturated heterocycles. The van der Waals surface area contributed by atoms with Crippen molar-refractivity contribution in [2.75, 3.05) is 18.1 Å². The van der Waals surface area contributed by atoms with Crippen LogP contribution in [0.5, 0.6) is 0 Å². The molecule has 0 amide bonds. The standard InChI is InChI=1S/C33H37FN6O2SSi/c1-33(2,3)44(23-15-9-5-10-16-23,24-17-11-6-12-18-24)42-20-25-28(41-19-22-13-7-4-8-14-22)26(34)31(43-25)40-21-37-27-29(35)38-32(36)39-30(27)40/h4-18,21,25-26,28,31H,19-20H2,1-3H3,(H4,35,36,38,39)/t25-,26+,28+,31-/m0/s1. The Hall–Kier alpha value is -3.77. The second kappa shape index (κ2) is 12.3. The van der Waals surface area contributed by atoms with Gasteiger partial charge in [-0.05, 0) is 21.0 Å². The van der Waals surface area contributed by atoms with Gasteiger partial charge in [-0.25, -0.2) is 9.37 Å². The first-order valence-electron chi connectivity index (χ1n) is 14.6. The molecule has 1 fully saturated rings. The van der Waals surface area contributed by atoms with E-state index in [1.54, 1.807) is 10.9 Å². The highest BCUT2D eigenvalue weighted by molar-refractivity contribution is 8.00. The fraction of sp³-hybridized carbons (Fsp3) is 0.303. The smallest absolute Gasteiger partial charge is 0.261 e. The molecule has 8 nitrogen and oxygen atoms in total. The number of imidazole rings is 1. The van der Waals surface area contributed by atoms with Crippen molar-refractivity contribution in [2.45, 2.75) is 55.3 Å². The van der Waals surface area contributed by atoms with Gasteiger partial charge >= 0.3 is 0 Å². The Morgan fingerprint density at radius 1 is 0.886 bits per heavy atom. The molecule has 0 spiro atoms. The third-order valence-corrected chi connectivity index (χ3v) is 14.7. The van der Waals surface area contributed by atoms with Crippen LogP contribution >= 0.6 is 11.8 Å². The Bertz CT molecular complexity index is 1660. The van der Waals surface area contributed by atoms with Gasteiger partial charge in [-0.15, -0.1) is 11.8 Å². The highest BCUT2D eigenvalue weighted by Gasteiger charge is 2.53. The third-order valence-electron chi connectivity index (χ3n) is 8.17. The molecule has 0 radical (unpaired) electrons. The number of rotatable bonds is 9. The fourth-order valence-corrected chi connectivity index (χ4v) is 12.3. The van der Waals surface area contributed by atoms with Gasteiger partial charge in [0.05, 0.1) is 18.2 Å². The Kier molecular flexibility index (Phi) is 8.47. The van der Waals surface area contributed by atoms with Crippen LogP contribution in [0.1, 0.15) is 31.7 Å². The lowest BCUT2D eigenvalue weighted by atomic mass is 10.1. The molecule has 5 aromatic rings. The van der Waals surface area contributed by atoms with E-state index in [9.17, 15) is 0 Å². The number of fused-ring (bicyclic) bond motifs is 1. The van der Waals surface area contributed by atoms with E-state index in [4.69, 9.17) is 20.6 Å². The van der Waals surface area contributed by atoms with E-state index in [-0.39, 0.29) is 28.7 Å². The summed E-state index contributed by atoms with van der Waals surface area (Å²) in [6.07, 6.45) is -0.581. The summed E-state index contributed by atoms with van der Waals surface area (Å²) in [6, 6.07) is 30.7. The SMILES string of the molecule is CC(C)(C)[Si](OC[C@@H]1S[C@H](n2cnc3c(N)nc(N)nc32)[C@H](F)[C@@H]1OCc1ccccc1)(c1ccccc1)c1ccccc1. The highest BCUT2D eigenvalue weighted by atomic mass is 32.2. The first kappa shape index (κ1) is 30.3. The summed E-state index contributed by atoms with van der Waals surface area (Å²) >= 11 is 1.47. The van der Waals surface area contributed by atoms with Crippen molar-refractivity contribution in [3.8, 4) is 0 Å². The van der Waals surface area contributed by atoms with Gasteiger partial charge in [-0.3, -0.25) is 4.57 Å². The second-order valence-electron chi connectivity index (χ2n) is 12.0. The normalized spacial score (nSPS) is 20.7. The van der Waals surface area contributed by atoms with Crippen LogP contribution in [0, 0.1) is 0 Å². The average molecular weight is 629 g/mol. The molecule has 0 bridgehead atoms. The molecule has 0 aliphatic carbocycles. The summed E-state index contributed by atoms with van der Waals surface area (Å²) < 4.78 is 32.0. The zero-order chi connectivity index (χ0) is 30.9. The maximum Gasteiger partial charge on any atom is 0.261 e. The van der Waals surface area contributed by atoms with E-state index in [0.29, 0.717) is 17.8 Å². The number of hydrogen-bond acceptors (Lipinski definition) is 8. The Morgan fingerprint density at radius 3 is 2.07 bits per heavy atom. The number of thioether (sulfide) groups is 1. The Balaban J connectivity index is 1.37. The minimum atomic E-state index is -2.87. The minimum absolute atomic E-state index is 0.0126. The van der Waals surface area contributed by atoms with Gasteiger partial charge in [-0.1, -0.05) is 112 Å². The number of hydrogen-bond donors (Lipinski definition) is 2. The first-order chi connectivity index (χ1) is 21.2. The molecule has 0 saturated carbocycles. The molecule has 2 aromatic heterocycles. The molecule has 4 N–H and O–H groups in total. The van der Waals surface area contributed by atoms with E-state index < -0.39 is 26.0 Å². The van der Waals surface area contributed by atoms with Crippen molar-refractivity contribution in [3.63, 3.8) is 0 Å². The molecule has 228 valence electrons. The van der Waals surface area contributed by atoms with Crippen LogP contribution in [-0.4, -0.2) is 52.0 Å². The molecule has 44 heavy (non-hydrogen) atoms. The van der Waals surface area contributed by atoms with Gasteiger partial charge in [0.1, 0.15) is 17.0 Å².